The lowest BCUT2D eigenvalue weighted by Crippen LogP contribution is -2.45. The lowest BCUT2D eigenvalue weighted by molar-refractivity contribution is 0.157. The molecule has 1 saturated heterocycles. The van der Waals surface area contributed by atoms with E-state index in [4.69, 9.17) is 11.6 Å². The van der Waals surface area contributed by atoms with Crippen LogP contribution in [-0.2, 0) is 0 Å². The topological polar surface area (TPSA) is 15.3 Å². The van der Waals surface area contributed by atoms with Crippen molar-refractivity contribution in [3.63, 3.8) is 0 Å². The molecule has 6 heteroatoms. The largest absolute Gasteiger partial charge is 0.314 e. The van der Waals surface area contributed by atoms with Gasteiger partial charge in [-0.15, -0.1) is 12.4 Å². The van der Waals surface area contributed by atoms with E-state index in [1.165, 1.54) is 6.07 Å². The standard InChI is InChI=1S/C13H17ClF2N2.ClH/c14-11-9-10(1-2-12(11)16)13(3-4-15)18-7-5-17-6-8-18;/h1-2,9,13,17H,3-8H2;1H/t13-;/m1./s1. The van der Waals surface area contributed by atoms with Crippen LogP contribution in [0.2, 0.25) is 5.02 Å². The van der Waals surface area contributed by atoms with Gasteiger partial charge >= 0.3 is 0 Å². The Balaban J connectivity index is 0.00000180. The fraction of sp³-hybridized carbons (Fsp3) is 0.538. The fourth-order valence-corrected chi connectivity index (χ4v) is 2.57. The van der Waals surface area contributed by atoms with Crippen molar-refractivity contribution in [1.82, 2.24) is 10.2 Å². The molecule has 2 nitrogen and oxygen atoms in total. The Kier molecular flexibility index (Phi) is 7.00. The van der Waals surface area contributed by atoms with E-state index in [-0.39, 0.29) is 30.1 Å². The number of rotatable bonds is 4. The van der Waals surface area contributed by atoms with Crippen LogP contribution < -0.4 is 5.32 Å². The molecule has 0 spiro atoms. The molecule has 0 unspecified atom stereocenters. The minimum atomic E-state index is -0.431. The lowest BCUT2D eigenvalue weighted by atomic mass is 10.0. The predicted molar refractivity (Wildman–Crippen MR) is 76.4 cm³/mol. The number of benzene rings is 1. The first-order chi connectivity index (χ1) is 8.72. The summed E-state index contributed by atoms with van der Waals surface area (Å²) in [5.41, 5.74) is 0.890. The molecular formula is C13H18Cl2F2N2. The third kappa shape index (κ3) is 4.28. The number of hydrogen-bond donors (Lipinski definition) is 1. The molecule has 1 heterocycles. The average molecular weight is 311 g/mol. The molecule has 0 aromatic heterocycles. The van der Waals surface area contributed by atoms with Crippen molar-refractivity contribution in [3.05, 3.63) is 34.6 Å². The highest BCUT2D eigenvalue weighted by Gasteiger charge is 2.22. The molecular weight excluding hydrogens is 293 g/mol. The van der Waals surface area contributed by atoms with Crippen molar-refractivity contribution in [1.29, 1.82) is 0 Å². The summed E-state index contributed by atoms with van der Waals surface area (Å²) < 4.78 is 25.9. The van der Waals surface area contributed by atoms with Crippen LogP contribution in [0, 0.1) is 5.82 Å². The molecule has 1 atom stereocenters. The van der Waals surface area contributed by atoms with Gasteiger partial charge in [-0.1, -0.05) is 17.7 Å². The smallest absolute Gasteiger partial charge is 0.141 e. The van der Waals surface area contributed by atoms with Gasteiger partial charge in [0.15, 0.2) is 0 Å². The molecule has 1 fully saturated rings. The van der Waals surface area contributed by atoms with Crippen molar-refractivity contribution in [3.8, 4) is 0 Å². The number of nitrogens with one attached hydrogen (secondary N) is 1. The summed E-state index contributed by atoms with van der Waals surface area (Å²) in [6.45, 7) is 3.17. The van der Waals surface area contributed by atoms with Gasteiger partial charge < -0.3 is 5.32 Å². The summed E-state index contributed by atoms with van der Waals surface area (Å²) in [6.07, 6.45) is 0.419. The Morgan fingerprint density at radius 2 is 2.00 bits per heavy atom. The quantitative estimate of drug-likeness (QED) is 0.918. The van der Waals surface area contributed by atoms with Crippen LogP contribution in [0.25, 0.3) is 0 Å². The SMILES string of the molecule is Cl.FCC[C@H](c1ccc(F)c(Cl)c1)N1CCNCC1. The van der Waals surface area contributed by atoms with Crippen LogP contribution in [0.4, 0.5) is 8.78 Å². The summed E-state index contributed by atoms with van der Waals surface area (Å²) in [5, 5.41) is 3.37. The van der Waals surface area contributed by atoms with E-state index in [2.05, 4.69) is 10.2 Å². The maximum Gasteiger partial charge on any atom is 0.141 e. The van der Waals surface area contributed by atoms with E-state index in [0.717, 1.165) is 31.7 Å². The van der Waals surface area contributed by atoms with Gasteiger partial charge in [0.1, 0.15) is 5.82 Å². The Bertz CT molecular complexity index is 398. The van der Waals surface area contributed by atoms with Crippen LogP contribution in [0.15, 0.2) is 18.2 Å². The lowest BCUT2D eigenvalue weighted by Gasteiger charge is -2.35. The number of nitrogens with zero attached hydrogens (tertiary/aromatic N) is 1. The molecule has 0 radical (unpaired) electrons. The van der Waals surface area contributed by atoms with Crippen molar-refractivity contribution in [2.75, 3.05) is 32.9 Å². The van der Waals surface area contributed by atoms with Gasteiger partial charge in [-0.3, -0.25) is 9.29 Å². The van der Waals surface area contributed by atoms with E-state index in [1.807, 2.05) is 0 Å². The van der Waals surface area contributed by atoms with Crippen LogP contribution >= 0.6 is 24.0 Å². The van der Waals surface area contributed by atoms with E-state index >= 15 is 0 Å². The molecule has 108 valence electrons. The van der Waals surface area contributed by atoms with Crippen molar-refractivity contribution >= 4 is 24.0 Å². The van der Waals surface area contributed by atoms with E-state index in [1.54, 1.807) is 12.1 Å². The highest BCUT2D eigenvalue weighted by Crippen LogP contribution is 2.28. The second-order valence-corrected chi connectivity index (χ2v) is 4.86. The van der Waals surface area contributed by atoms with Gasteiger partial charge in [-0.2, -0.15) is 0 Å². The monoisotopic (exact) mass is 310 g/mol. The molecule has 0 amide bonds. The van der Waals surface area contributed by atoms with Gasteiger partial charge in [0.05, 0.1) is 11.7 Å². The Morgan fingerprint density at radius 3 is 2.58 bits per heavy atom. The average Bonchev–Trinajstić information content (AvgIpc) is 2.40. The summed E-state index contributed by atoms with van der Waals surface area (Å²) in [7, 11) is 0. The number of halogens is 4. The molecule has 1 aromatic carbocycles. The van der Waals surface area contributed by atoms with Crippen LogP contribution in [0.5, 0.6) is 0 Å². The van der Waals surface area contributed by atoms with Crippen molar-refractivity contribution < 1.29 is 8.78 Å². The molecule has 1 aromatic rings. The summed E-state index contributed by atoms with van der Waals surface area (Å²) in [6, 6.07) is 4.64. The molecule has 0 saturated carbocycles. The predicted octanol–water partition coefficient (Wildman–Crippen LogP) is 3.21. The molecule has 0 bridgehead atoms. The summed E-state index contributed by atoms with van der Waals surface area (Å²) in [4.78, 5) is 2.22. The van der Waals surface area contributed by atoms with Gasteiger partial charge in [0, 0.05) is 32.2 Å². The molecule has 1 aliphatic rings. The highest BCUT2D eigenvalue weighted by molar-refractivity contribution is 6.30. The zero-order valence-electron chi connectivity index (χ0n) is 10.5. The second-order valence-electron chi connectivity index (χ2n) is 4.45. The number of piperazine rings is 1. The Morgan fingerprint density at radius 1 is 1.32 bits per heavy atom. The maximum atomic E-state index is 13.2. The van der Waals surface area contributed by atoms with E-state index in [9.17, 15) is 8.78 Å². The third-order valence-corrected chi connectivity index (χ3v) is 3.59. The minimum absolute atomic E-state index is 0. The molecule has 1 N–H and O–H groups in total. The molecule has 0 aliphatic carbocycles. The van der Waals surface area contributed by atoms with Gasteiger partial charge in [-0.05, 0) is 24.1 Å². The normalized spacial score (nSPS) is 17.8. The summed E-state index contributed by atoms with van der Waals surface area (Å²) >= 11 is 5.80. The van der Waals surface area contributed by atoms with Crippen LogP contribution in [0.3, 0.4) is 0 Å². The maximum absolute atomic E-state index is 13.2. The van der Waals surface area contributed by atoms with E-state index < -0.39 is 5.82 Å². The first-order valence-corrected chi connectivity index (χ1v) is 6.56. The molecule has 1 aliphatic heterocycles. The first-order valence-electron chi connectivity index (χ1n) is 6.18. The zero-order chi connectivity index (χ0) is 13.0. The zero-order valence-corrected chi connectivity index (χ0v) is 12.1. The fourth-order valence-electron chi connectivity index (χ4n) is 2.38. The number of hydrogen-bond acceptors (Lipinski definition) is 2. The van der Waals surface area contributed by atoms with Crippen molar-refractivity contribution in [2.45, 2.75) is 12.5 Å². The molecule has 19 heavy (non-hydrogen) atoms. The van der Waals surface area contributed by atoms with Gasteiger partial charge in [0.25, 0.3) is 0 Å². The highest BCUT2D eigenvalue weighted by atomic mass is 35.5. The van der Waals surface area contributed by atoms with Crippen LogP contribution in [-0.4, -0.2) is 37.8 Å². The van der Waals surface area contributed by atoms with E-state index in [0.29, 0.717) is 6.42 Å². The Labute approximate surface area is 123 Å². The third-order valence-electron chi connectivity index (χ3n) is 3.30. The summed E-state index contributed by atoms with van der Waals surface area (Å²) in [5.74, 6) is -0.431. The van der Waals surface area contributed by atoms with Crippen LogP contribution in [0.1, 0.15) is 18.0 Å². The van der Waals surface area contributed by atoms with Gasteiger partial charge in [-0.25, -0.2) is 4.39 Å². The second kappa shape index (κ2) is 8.00. The Hall–Kier alpha value is -0.420. The van der Waals surface area contributed by atoms with Crippen molar-refractivity contribution in [2.24, 2.45) is 0 Å². The van der Waals surface area contributed by atoms with Gasteiger partial charge in [0.2, 0.25) is 0 Å². The minimum Gasteiger partial charge on any atom is -0.314 e. The molecule has 2 rings (SSSR count). The first kappa shape index (κ1) is 16.6. The number of alkyl halides is 1.